The molecule has 0 atom stereocenters. The molecule has 0 aliphatic carbocycles. The Morgan fingerprint density at radius 2 is 2.38 bits per heavy atom. The van der Waals surface area contributed by atoms with Crippen LogP contribution in [0.2, 0.25) is 0 Å². The number of nitrogens with one attached hydrogen (secondary N) is 1. The third kappa shape index (κ3) is 0.837. The Balaban J connectivity index is 2.38. The third-order valence-corrected chi connectivity index (χ3v) is 2.09. The van der Waals surface area contributed by atoms with E-state index in [1.54, 1.807) is 25.1 Å². The summed E-state index contributed by atoms with van der Waals surface area (Å²) in [6.45, 7) is 0.656. The van der Waals surface area contributed by atoms with Gasteiger partial charge in [-0.3, -0.25) is 9.39 Å². The average Bonchev–Trinajstić information content (AvgIpc) is 2.65. The predicted octanol–water partition coefficient (Wildman–Crippen LogP) is 0.683. The molecular formula is C8H7N5. The van der Waals surface area contributed by atoms with Crippen molar-refractivity contribution >= 4 is 17.7 Å². The van der Waals surface area contributed by atoms with Crippen LogP contribution in [0.3, 0.4) is 0 Å². The van der Waals surface area contributed by atoms with Crippen LogP contribution < -0.4 is 5.32 Å². The Morgan fingerprint density at radius 1 is 1.38 bits per heavy atom. The van der Waals surface area contributed by atoms with Crippen LogP contribution in [0.5, 0.6) is 0 Å². The first-order valence-corrected chi connectivity index (χ1v) is 4.00. The van der Waals surface area contributed by atoms with Gasteiger partial charge in [0.25, 0.3) is 0 Å². The van der Waals surface area contributed by atoms with E-state index in [4.69, 9.17) is 0 Å². The van der Waals surface area contributed by atoms with Crippen LogP contribution in [0.1, 0.15) is 5.69 Å². The molecule has 2 aromatic rings. The number of aromatic nitrogens is 3. The van der Waals surface area contributed by atoms with Crippen LogP contribution in [0.15, 0.2) is 23.7 Å². The summed E-state index contributed by atoms with van der Waals surface area (Å²) in [5.74, 6) is 0.862. The number of hydrogen-bond acceptors (Lipinski definition) is 4. The van der Waals surface area contributed by atoms with Gasteiger partial charge in [-0.05, 0) is 0 Å². The lowest BCUT2D eigenvalue weighted by Crippen LogP contribution is -2.10. The monoisotopic (exact) mass is 173 g/mol. The molecule has 0 saturated carbocycles. The van der Waals surface area contributed by atoms with Gasteiger partial charge in [-0.1, -0.05) is 0 Å². The number of anilines is 1. The lowest BCUT2D eigenvalue weighted by Gasteiger charge is -2.12. The minimum atomic E-state index is 0.656. The molecular weight excluding hydrogens is 166 g/mol. The second-order valence-corrected chi connectivity index (χ2v) is 2.86. The average molecular weight is 173 g/mol. The van der Waals surface area contributed by atoms with Crippen molar-refractivity contribution in [3.05, 3.63) is 24.4 Å². The minimum absolute atomic E-state index is 0.656. The van der Waals surface area contributed by atoms with E-state index in [1.807, 2.05) is 4.40 Å². The van der Waals surface area contributed by atoms with Gasteiger partial charge in [-0.25, -0.2) is 9.97 Å². The van der Waals surface area contributed by atoms with E-state index in [0.29, 0.717) is 6.54 Å². The molecule has 3 heterocycles. The van der Waals surface area contributed by atoms with Crippen LogP contribution in [-0.2, 0) is 6.54 Å². The van der Waals surface area contributed by atoms with Gasteiger partial charge in [0.1, 0.15) is 0 Å². The number of aliphatic imine (C=N–C) groups is 1. The van der Waals surface area contributed by atoms with Gasteiger partial charge in [-0.2, -0.15) is 0 Å². The Bertz CT molecular complexity index is 484. The standard InChI is InChI=1S/C8H7N5/c1-6-2-11-8-7(3-9-4-12-8)13(6)5-10-1/h1-2,4-5H,3H2,(H,9,12). The third-order valence-electron chi connectivity index (χ3n) is 2.09. The van der Waals surface area contributed by atoms with E-state index >= 15 is 0 Å². The fourth-order valence-electron chi connectivity index (χ4n) is 1.46. The van der Waals surface area contributed by atoms with Gasteiger partial charge in [0.2, 0.25) is 0 Å². The maximum Gasteiger partial charge on any atom is 0.153 e. The highest BCUT2D eigenvalue weighted by Gasteiger charge is 2.10. The molecule has 2 aromatic heterocycles. The lowest BCUT2D eigenvalue weighted by atomic mass is 10.3. The summed E-state index contributed by atoms with van der Waals surface area (Å²) < 4.78 is 1.99. The molecule has 0 unspecified atom stereocenters. The first kappa shape index (κ1) is 6.59. The van der Waals surface area contributed by atoms with Gasteiger partial charge in [0.15, 0.2) is 5.82 Å². The number of rotatable bonds is 0. The van der Waals surface area contributed by atoms with Crippen LogP contribution >= 0.6 is 0 Å². The second kappa shape index (κ2) is 2.29. The van der Waals surface area contributed by atoms with Crippen LogP contribution in [0.25, 0.3) is 5.52 Å². The predicted molar refractivity (Wildman–Crippen MR) is 48.8 cm³/mol. The second-order valence-electron chi connectivity index (χ2n) is 2.86. The van der Waals surface area contributed by atoms with Crippen molar-refractivity contribution in [1.29, 1.82) is 0 Å². The van der Waals surface area contributed by atoms with E-state index in [1.165, 1.54) is 0 Å². The number of nitrogens with zero attached hydrogens (tertiary/aromatic N) is 4. The fourth-order valence-corrected chi connectivity index (χ4v) is 1.46. The largest absolute Gasteiger partial charge is 0.330 e. The van der Waals surface area contributed by atoms with E-state index in [2.05, 4.69) is 20.3 Å². The van der Waals surface area contributed by atoms with Crippen LogP contribution in [0, 0.1) is 0 Å². The SMILES string of the molecule is C1=NCc2c(ncc3cncn23)N1. The summed E-state index contributed by atoms with van der Waals surface area (Å²) in [5.41, 5.74) is 2.05. The van der Waals surface area contributed by atoms with E-state index in [0.717, 1.165) is 17.0 Å². The molecule has 0 fully saturated rings. The molecule has 0 amide bonds. The van der Waals surface area contributed by atoms with Gasteiger partial charge < -0.3 is 5.32 Å². The zero-order valence-electron chi connectivity index (χ0n) is 6.81. The normalized spacial score (nSPS) is 14.2. The highest BCUT2D eigenvalue weighted by atomic mass is 15.1. The molecule has 5 heteroatoms. The number of fused-ring (bicyclic) bond motifs is 3. The first-order valence-electron chi connectivity index (χ1n) is 4.00. The Labute approximate surface area is 74.2 Å². The summed E-state index contributed by atoms with van der Waals surface area (Å²) in [7, 11) is 0. The molecule has 0 saturated heterocycles. The van der Waals surface area contributed by atoms with E-state index in [-0.39, 0.29) is 0 Å². The molecule has 0 aromatic carbocycles. The molecule has 0 radical (unpaired) electrons. The van der Waals surface area contributed by atoms with Crippen molar-refractivity contribution in [3.63, 3.8) is 0 Å². The van der Waals surface area contributed by atoms with Gasteiger partial charge in [0, 0.05) is 0 Å². The van der Waals surface area contributed by atoms with Crippen molar-refractivity contribution in [2.45, 2.75) is 6.54 Å². The number of hydrogen-bond donors (Lipinski definition) is 1. The number of imidazole rings is 1. The van der Waals surface area contributed by atoms with Crippen LogP contribution in [-0.4, -0.2) is 20.7 Å². The molecule has 1 aliphatic rings. The minimum Gasteiger partial charge on any atom is -0.330 e. The van der Waals surface area contributed by atoms with Crippen molar-refractivity contribution in [3.8, 4) is 0 Å². The van der Waals surface area contributed by atoms with E-state index < -0.39 is 0 Å². The topological polar surface area (TPSA) is 54.6 Å². The summed E-state index contributed by atoms with van der Waals surface area (Å²) in [5, 5.41) is 2.99. The van der Waals surface area contributed by atoms with Gasteiger partial charge in [-0.15, -0.1) is 0 Å². The van der Waals surface area contributed by atoms with Gasteiger partial charge in [0.05, 0.1) is 42.8 Å². The zero-order chi connectivity index (χ0) is 8.67. The Morgan fingerprint density at radius 3 is 3.38 bits per heavy atom. The Hall–Kier alpha value is -1.91. The van der Waals surface area contributed by atoms with Gasteiger partial charge >= 0.3 is 0 Å². The summed E-state index contributed by atoms with van der Waals surface area (Å²) >= 11 is 0. The summed E-state index contributed by atoms with van der Waals surface area (Å²) in [4.78, 5) is 12.4. The quantitative estimate of drug-likeness (QED) is 0.637. The molecule has 5 nitrogen and oxygen atoms in total. The summed E-state index contributed by atoms with van der Waals surface area (Å²) in [6, 6.07) is 0. The Kier molecular flexibility index (Phi) is 1.16. The molecule has 13 heavy (non-hydrogen) atoms. The molecule has 64 valence electrons. The maximum atomic E-state index is 4.26. The fraction of sp³-hybridized carbons (Fsp3) is 0.125. The van der Waals surface area contributed by atoms with Crippen LogP contribution in [0.4, 0.5) is 5.82 Å². The molecule has 0 bridgehead atoms. The molecule has 0 spiro atoms. The lowest BCUT2D eigenvalue weighted by molar-refractivity contribution is 0.917. The van der Waals surface area contributed by atoms with Crippen molar-refractivity contribution in [2.24, 2.45) is 4.99 Å². The van der Waals surface area contributed by atoms with Crippen molar-refractivity contribution in [1.82, 2.24) is 14.4 Å². The molecule has 1 N–H and O–H groups in total. The molecule has 1 aliphatic heterocycles. The summed E-state index contributed by atoms with van der Waals surface area (Å²) in [6.07, 6.45) is 7.01. The van der Waals surface area contributed by atoms with Crippen molar-refractivity contribution < 1.29 is 0 Å². The molecule has 3 rings (SSSR count). The van der Waals surface area contributed by atoms with Crippen molar-refractivity contribution in [2.75, 3.05) is 5.32 Å². The smallest absolute Gasteiger partial charge is 0.153 e. The highest BCUT2D eigenvalue weighted by Crippen LogP contribution is 2.17. The first-order chi connectivity index (χ1) is 6.45. The maximum absolute atomic E-state index is 4.26. The zero-order valence-corrected chi connectivity index (χ0v) is 6.81. The highest BCUT2D eigenvalue weighted by molar-refractivity contribution is 5.77. The van der Waals surface area contributed by atoms with E-state index in [9.17, 15) is 0 Å².